The second-order valence-corrected chi connectivity index (χ2v) is 8.54. The van der Waals surface area contributed by atoms with Crippen molar-refractivity contribution >= 4 is 11.9 Å². The topological polar surface area (TPSA) is 67.4 Å². The zero-order chi connectivity index (χ0) is 21.4. The van der Waals surface area contributed by atoms with Gasteiger partial charge in [0.05, 0.1) is 6.42 Å². The van der Waals surface area contributed by atoms with Crippen molar-refractivity contribution in [2.24, 2.45) is 0 Å². The first kappa shape index (κ1) is 25.2. The van der Waals surface area contributed by atoms with E-state index in [4.69, 9.17) is 4.74 Å². The Kier molecular flexibility index (Phi) is 13.0. The first-order valence-corrected chi connectivity index (χ1v) is 11.1. The van der Waals surface area contributed by atoms with Gasteiger partial charge in [0.15, 0.2) is 0 Å². The lowest BCUT2D eigenvalue weighted by atomic mass is 10.1. The van der Waals surface area contributed by atoms with Crippen LogP contribution in [0.1, 0.15) is 77.7 Å². The number of carbonyl (C=O) groups is 2. The van der Waals surface area contributed by atoms with Gasteiger partial charge in [-0.2, -0.15) is 0 Å². The van der Waals surface area contributed by atoms with E-state index in [1.54, 1.807) is 0 Å². The summed E-state index contributed by atoms with van der Waals surface area (Å²) in [5.41, 5.74) is 0.910. The number of esters is 1. The van der Waals surface area contributed by atoms with E-state index < -0.39 is 5.60 Å². The number of rotatable bonds is 15. The summed E-state index contributed by atoms with van der Waals surface area (Å²) in [6, 6.07) is 10.6. The van der Waals surface area contributed by atoms with Crippen LogP contribution in [-0.2, 0) is 20.7 Å². The molecular weight excluding hydrogens is 364 g/mol. The highest BCUT2D eigenvalue weighted by atomic mass is 16.6. The van der Waals surface area contributed by atoms with E-state index in [2.05, 4.69) is 41.0 Å². The third-order valence-electron chi connectivity index (χ3n) is 4.51. The molecule has 0 unspecified atom stereocenters. The van der Waals surface area contributed by atoms with E-state index in [0.717, 1.165) is 32.4 Å². The molecule has 2 N–H and O–H groups in total. The van der Waals surface area contributed by atoms with Gasteiger partial charge in [0.25, 0.3) is 0 Å². The Morgan fingerprint density at radius 3 is 2.17 bits per heavy atom. The smallest absolute Gasteiger partial charge is 0.308 e. The molecule has 29 heavy (non-hydrogen) atoms. The van der Waals surface area contributed by atoms with Crippen LogP contribution >= 0.6 is 0 Å². The minimum Gasteiger partial charge on any atom is -0.460 e. The molecule has 1 rings (SSSR count). The number of amides is 1. The Labute approximate surface area is 177 Å². The maximum atomic E-state index is 11.8. The lowest BCUT2D eigenvalue weighted by molar-refractivity contribution is -0.154. The van der Waals surface area contributed by atoms with E-state index in [-0.39, 0.29) is 18.3 Å². The molecule has 0 saturated heterocycles. The molecule has 1 amide bonds. The van der Waals surface area contributed by atoms with Gasteiger partial charge in [-0.05, 0) is 58.7 Å². The summed E-state index contributed by atoms with van der Waals surface area (Å²) in [4.78, 5) is 23.3. The average Bonchev–Trinajstić information content (AvgIpc) is 2.65. The van der Waals surface area contributed by atoms with E-state index in [1.807, 2.05) is 20.8 Å². The van der Waals surface area contributed by atoms with Crippen LogP contribution in [-0.4, -0.2) is 37.1 Å². The van der Waals surface area contributed by atoms with Crippen molar-refractivity contribution in [2.75, 3.05) is 19.6 Å². The van der Waals surface area contributed by atoms with E-state index in [1.165, 1.54) is 31.2 Å². The first-order valence-electron chi connectivity index (χ1n) is 11.1. The van der Waals surface area contributed by atoms with E-state index >= 15 is 0 Å². The van der Waals surface area contributed by atoms with Crippen LogP contribution in [0.25, 0.3) is 0 Å². The minimum atomic E-state index is -0.473. The van der Waals surface area contributed by atoms with Crippen molar-refractivity contribution in [1.29, 1.82) is 0 Å². The van der Waals surface area contributed by atoms with Gasteiger partial charge in [-0.25, -0.2) is 0 Å². The molecule has 0 atom stereocenters. The number of ether oxygens (including phenoxy) is 1. The summed E-state index contributed by atoms with van der Waals surface area (Å²) in [5, 5.41) is 6.30. The van der Waals surface area contributed by atoms with Gasteiger partial charge in [-0.3, -0.25) is 9.59 Å². The van der Waals surface area contributed by atoms with Crippen molar-refractivity contribution in [2.45, 2.75) is 84.2 Å². The molecule has 164 valence electrons. The number of benzene rings is 1. The Morgan fingerprint density at radius 2 is 1.48 bits per heavy atom. The maximum Gasteiger partial charge on any atom is 0.308 e. The Morgan fingerprint density at radius 1 is 0.828 bits per heavy atom. The lowest BCUT2D eigenvalue weighted by Gasteiger charge is -2.19. The Hall–Kier alpha value is -1.88. The molecule has 0 spiro atoms. The monoisotopic (exact) mass is 404 g/mol. The van der Waals surface area contributed by atoms with Crippen LogP contribution < -0.4 is 10.6 Å². The molecule has 0 fully saturated rings. The van der Waals surface area contributed by atoms with Crippen molar-refractivity contribution in [3.63, 3.8) is 0 Å². The van der Waals surface area contributed by atoms with Crippen LogP contribution in [0.4, 0.5) is 0 Å². The molecule has 1 aromatic carbocycles. The fourth-order valence-electron chi connectivity index (χ4n) is 3.03. The maximum absolute atomic E-state index is 11.8. The Balaban J connectivity index is 1.84. The van der Waals surface area contributed by atoms with Crippen molar-refractivity contribution in [3.8, 4) is 0 Å². The molecule has 0 aliphatic heterocycles. The fraction of sp³-hybridized carbons (Fsp3) is 0.667. The molecule has 5 heteroatoms. The molecule has 5 nitrogen and oxygen atoms in total. The summed E-state index contributed by atoms with van der Waals surface area (Å²) in [5.74, 6) is -0.247. The SMILES string of the molecule is CC(C)(C)OC(=O)CCNC(=O)CCCCCCCCNCCc1ccccc1. The van der Waals surface area contributed by atoms with Gasteiger partial charge in [0.1, 0.15) is 5.60 Å². The van der Waals surface area contributed by atoms with Crippen molar-refractivity contribution in [1.82, 2.24) is 10.6 Å². The summed E-state index contributed by atoms with van der Waals surface area (Å²) in [7, 11) is 0. The third-order valence-corrected chi connectivity index (χ3v) is 4.51. The van der Waals surface area contributed by atoms with Gasteiger partial charge >= 0.3 is 5.97 Å². The zero-order valence-corrected chi connectivity index (χ0v) is 18.6. The summed E-state index contributed by atoms with van der Waals surface area (Å²) < 4.78 is 5.21. The lowest BCUT2D eigenvalue weighted by Crippen LogP contribution is -2.29. The summed E-state index contributed by atoms with van der Waals surface area (Å²) >= 11 is 0. The van der Waals surface area contributed by atoms with Gasteiger partial charge in [0.2, 0.25) is 5.91 Å². The largest absolute Gasteiger partial charge is 0.460 e. The quantitative estimate of drug-likeness (QED) is 0.336. The number of nitrogens with one attached hydrogen (secondary N) is 2. The molecule has 0 aromatic heterocycles. The molecule has 0 saturated carbocycles. The van der Waals surface area contributed by atoms with Gasteiger partial charge in [-0.15, -0.1) is 0 Å². The summed E-state index contributed by atoms with van der Waals surface area (Å²) in [6.07, 6.45) is 8.68. The van der Waals surface area contributed by atoms with Gasteiger partial charge < -0.3 is 15.4 Å². The average molecular weight is 405 g/mol. The molecule has 0 radical (unpaired) electrons. The predicted molar refractivity (Wildman–Crippen MR) is 119 cm³/mol. The highest BCUT2D eigenvalue weighted by Crippen LogP contribution is 2.08. The normalized spacial score (nSPS) is 11.3. The number of unbranched alkanes of at least 4 members (excludes halogenated alkanes) is 5. The molecule has 0 bridgehead atoms. The molecular formula is C24H40N2O3. The van der Waals surface area contributed by atoms with Crippen LogP contribution in [0.5, 0.6) is 0 Å². The number of hydrogen-bond acceptors (Lipinski definition) is 4. The van der Waals surface area contributed by atoms with Crippen LogP contribution in [0, 0.1) is 0 Å². The number of hydrogen-bond donors (Lipinski definition) is 2. The highest BCUT2D eigenvalue weighted by molar-refractivity contribution is 5.77. The fourth-order valence-corrected chi connectivity index (χ4v) is 3.03. The highest BCUT2D eigenvalue weighted by Gasteiger charge is 2.15. The Bertz CT molecular complexity index is 567. The minimum absolute atomic E-state index is 0.0242. The molecule has 0 heterocycles. The third kappa shape index (κ3) is 15.7. The van der Waals surface area contributed by atoms with Gasteiger partial charge in [-0.1, -0.05) is 56.0 Å². The first-order chi connectivity index (χ1) is 13.9. The van der Waals surface area contributed by atoms with Crippen LogP contribution in [0.15, 0.2) is 30.3 Å². The summed E-state index contributed by atoms with van der Waals surface area (Å²) in [6.45, 7) is 7.98. The predicted octanol–water partition coefficient (Wildman–Crippen LogP) is 4.40. The number of carbonyl (C=O) groups excluding carboxylic acids is 2. The second-order valence-electron chi connectivity index (χ2n) is 8.54. The van der Waals surface area contributed by atoms with Crippen molar-refractivity contribution < 1.29 is 14.3 Å². The van der Waals surface area contributed by atoms with Crippen LogP contribution in [0.2, 0.25) is 0 Å². The molecule has 0 aliphatic rings. The van der Waals surface area contributed by atoms with Crippen molar-refractivity contribution in [3.05, 3.63) is 35.9 Å². The molecule has 0 aliphatic carbocycles. The standard InChI is InChI=1S/C24H40N2O3/c1-24(2,3)29-23(28)17-20-26-22(27)15-11-6-4-5-7-12-18-25-19-16-21-13-9-8-10-14-21/h8-10,13-14,25H,4-7,11-12,15-20H2,1-3H3,(H,26,27). The second kappa shape index (κ2) is 15.0. The van der Waals surface area contributed by atoms with E-state index in [9.17, 15) is 9.59 Å². The molecule has 1 aromatic rings. The van der Waals surface area contributed by atoms with Gasteiger partial charge in [0, 0.05) is 13.0 Å². The van der Waals surface area contributed by atoms with Crippen LogP contribution in [0.3, 0.4) is 0 Å². The van der Waals surface area contributed by atoms with E-state index in [0.29, 0.717) is 13.0 Å². The zero-order valence-electron chi connectivity index (χ0n) is 18.6.